The van der Waals surface area contributed by atoms with Crippen LogP contribution in [0.15, 0.2) is 18.2 Å². The summed E-state index contributed by atoms with van der Waals surface area (Å²) >= 11 is 0. The largest absolute Gasteiger partial charge is 1.00 e. The Morgan fingerprint density at radius 2 is 1.64 bits per heavy atom. The van der Waals surface area contributed by atoms with Crippen LogP contribution in [0.3, 0.4) is 0 Å². The minimum Gasteiger partial charge on any atom is -1.00 e. The van der Waals surface area contributed by atoms with Crippen LogP contribution >= 0.6 is 7.60 Å². The Morgan fingerprint density at radius 1 is 1.08 bits per heavy atom. The number of fused-ring (bicyclic) bond motifs is 1. The number of hydrogen-bond donors (Lipinski definition) is 0. The van der Waals surface area contributed by atoms with Gasteiger partial charge in [0.05, 0.1) is 23.9 Å². The molecule has 0 amide bonds. The third-order valence-corrected chi connectivity index (χ3v) is 5.94. The van der Waals surface area contributed by atoms with Crippen molar-refractivity contribution >= 4 is 24.3 Å². The van der Waals surface area contributed by atoms with Gasteiger partial charge in [0.25, 0.3) is 0 Å². The number of halogens is 1. The topological polar surface area (TPSA) is 57.0 Å². The van der Waals surface area contributed by atoms with Crippen molar-refractivity contribution < 1.29 is 52.2 Å². The van der Waals surface area contributed by atoms with Gasteiger partial charge < -0.3 is 24.0 Å². The molecule has 1 aliphatic heterocycles. The number of nitrogens with zero attached hydrogens (tertiary/aromatic N) is 1. The van der Waals surface area contributed by atoms with Crippen LogP contribution in [0.4, 0.5) is 5.69 Å². The summed E-state index contributed by atoms with van der Waals surface area (Å²) in [5.41, 5.74) is 3.29. The van der Waals surface area contributed by atoms with E-state index in [1.807, 2.05) is 12.1 Å². The Bertz CT molecular complexity index is 678. The molecule has 25 heavy (non-hydrogen) atoms. The highest BCUT2D eigenvalue weighted by molar-refractivity contribution is 7.62. The summed E-state index contributed by atoms with van der Waals surface area (Å²) < 4.78 is 25.4. The minimum atomic E-state index is -3.71. The highest BCUT2D eigenvalue weighted by atomic mass is 127. The molecular weight excluding hydrogens is 456 g/mol. The monoisotopic (exact) mass is 483 g/mol. The third kappa shape index (κ3) is 4.34. The lowest BCUT2D eigenvalue weighted by atomic mass is 9.82. The molecule has 0 unspecified atom stereocenters. The summed E-state index contributed by atoms with van der Waals surface area (Å²) in [6.07, 6.45) is 0. The van der Waals surface area contributed by atoms with Gasteiger partial charge in [-0.15, -0.1) is 9.35 Å². The van der Waals surface area contributed by atoms with E-state index in [1.165, 1.54) is 5.71 Å². The lowest BCUT2D eigenvalue weighted by molar-refractivity contribution is -0.434. The first-order valence-electron chi connectivity index (χ1n) is 8.30. The average Bonchev–Trinajstić information content (AvgIpc) is 2.77. The van der Waals surface area contributed by atoms with E-state index < -0.39 is 7.60 Å². The zero-order chi connectivity index (χ0) is 18.0. The first-order chi connectivity index (χ1) is 11.3. The summed E-state index contributed by atoms with van der Waals surface area (Å²) in [6, 6.07) is 5.56. The summed E-state index contributed by atoms with van der Waals surface area (Å²) in [6.45, 7) is 13.4. The molecule has 0 N–H and O–H groups in total. The fourth-order valence-electron chi connectivity index (χ4n) is 2.89. The molecule has 1 aromatic carbocycles. The van der Waals surface area contributed by atoms with Crippen LogP contribution in [0.2, 0.25) is 0 Å². The predicted octanol–water partition coefficient (Wildman–Crippen LogP) is 0.861. The molecule has 0 spiro atoms. The van der Waals surface area contributed by atoms with Crippen LogP contribution in [-0.2, 0) is 29.1 Å². The Morgan fingerprint density at radius 3 is 2.12 bits per heavy atom. The lowest BCUT2D eigenvalue weighted by Gasteiger charge is -2.19. The van der Waals surface area contributed by atoms with E-state index in [0.29, 0.717) is 5.30 Å². The lowest BCUT2D eigenvalue weighted by Crippen LogP contribution is -3.00. The van der Waals surface area contributed by atoms with Crippen LogP contribution in [-0.4, -0.2) is 30.0 Å². The van der Waals surface area contributed by atoms with Crippen LogP contribution in [0.1, 0.15) is 47.1 Å². The van der Waals surface area contributed by atoms with Gasteiger partial charge in [0.1, 0.15) is 6.54 Å². The van der Waals surface area contributed by atoms with E-state index in [2.05, 4.69) is 32.3 Å². The second-order valence-corrected chi connectivity index (χ2v) is 7.93. The van der Waals surface area contributed by atoms with Gasteiger partial charge in [-0.25, -0.2) is 14.3 Å². The smallest absolute Gasteiger partial charge is 0.414 e. The molecule has 1 aromatic rings. The quantitative estimate of drug-likeness (QED) is 0.181. The number of benzene rings is 1. The van der Waals surface area contributed by atoms with Gasteiger partial charge in [0.2, 0.25) is 5.69 Å². The molecule has 1 aliphatic rings. The highest BCUT2D eigenvalue weighted by Gasteiger charge is 2.44. The molecule has 0 aromatic heterocycles. The normalized spacial score (nSPS) is 15.9. The standard InChI is InChI=1S/C17H27NO5P.HI/c1-7-18-13(4)17(5,6)15-12-14(10-11-16(15)18)24(19,22-20-8-2)23-21-9-3;/h10-12H,7-9H2,1-6H3;1H/q+1;/p-1. The van der Waals surface area contributed by atoms with E-state index in [4.69, 9.17) is 19.1 Å². The molecule has 0 atom stereocenters. The second kappa shape index (κ2) is 9.06. The zero-order valence-electron chi connectivity index (χ0n) is 15.7. The van der Waals surface area contributed by atoms with Crippen molar-refractivity contribution in [2.75, 3.05) is 19.8 Å². The molecule has 0 fully saturated rings. The zero-order valence-corrected chi connectivity index (χ0v) is 18.7. The van der Waals surface area contributed by atoms with Crippen molar-refractivity contribution in [3.63, 3.8) is 0 Å². The molecule has 1 heterocycles. The van der Waals surface area contributed by atoms with E-state index >= 15 is 0 Å². The number of hydrogen-bond acceptors (Lipinski definition) is 5. The maximum Gasteiger partial charge on any atom is 0.414 e. The van der Waals surface area contributed by atoms with Crippen molar-refractivity contribution in [2.24, 2.45) is 0 Å². The predicted molar refractivity (Wildman–Crippen MR) is 93.3 cm³/mol. The molecule has 0 aliphatic carbocycles. The van der Waals surface area contributed by atoms with Gasteiger partial charge in [-0.2, -0.15) is 4.58 Å². The molecular formula is C17H27INO5P. The summed E-state index contributed by atoms with van der Waals surface area (Å²) in [5, 5.41) is 0.418. The maximum absolute atomic E-state index is 13.1. The summed E-state index contributed by atoms with van der Waals surface area (Å²) in [4.78, 5) is 9.80. The molecule has 142 valence electrons. The molecule has 6 nitrogen and oxygen atoms in total. The molecule has 0 saturated heterocycles. The van der Waals surface area contributed by atoms with Crippen molar-refractivity contribution in [3.05, 3.63) is 23.8 Å². The van der Waals surface area contributed by atoms with Crippen LogP contribution < -0.4 is 29.3 Å². The van der Waals surface area contributed by atoms with Crippen molar-refractivity contribution in [2.45, 2.75) is 47.0 Å². The third-order valence-electron chi connectivity index (χ3n) is 4.42. The first kappa shape index (κ1) is 22.7. The first-order valence-corrected chi connectivity index (χ1v) is 9.85. The van der Waals surface area contributed by atoms with Crippen LogP contribution in [0.5, 0.6) is 0 Å². The molecule has 8 heteroatoms. The van der Waals surface area contributed by atoms with Crippen LogP contribution in [0, 0.1) is 0 Å². The second-order valence-electron chi connectivity index (χ2n) is 6.12. The fraction of sp³-hybridized carbons (Fsp3) is 0.588. The Labute approximate surface area is 166 Å². The Balaban J connectivity index is 0.00000312. The highest BCUT2D eigenvalue weighted by Crippen LogP contribution is 2.49. The number of rotatable bonds is 8. The van der Waals surface area contributed by atoms with E-state index in [0.717, 1.165) is 17.8 Å². The molecule has 0 saturated carbocycles. The van der Waals surface area contributed by atoms with Crippen molar-refractivity contribution in [3.8, 4) is 0 Å². The fourth-order valence-corrected chi connectivity index (χ4v) is 4.12. The summed E-state index contributed by atoms with van der Waals surface area (Å²) in [7, 11) is -3.71. The van der Waals surface area contributed by atoms with Gasteiger partial charge in [-0.3, -0.25) is 0 Å². The molecule has 0 bridgehead atoms. The van der Waals surface area contributed by atoms with E-state index in [9.17, 15) is 4.57 Å². The van der Waals surface area contributed by atoms with Gasteiger partial charge in [-0.1, -0.05) is 0 Å². The van der Waals surface area contributed by atoms with Crippen molar-refractivity contribution in [1.82, 2.24) is 0 Å². The van der Waals surface area contributed by atoms with Crippen LogP contribution in [0.25, 0.3) is 0 Å². The summed E-state index contributed by atoms with van der Waals surface area (Å²) in [5.74, 6) is 0. The van der Waals surface area contributed by atoms with E-state index in [-0.39, 0.29) is 42.6 Å². The Hall–Kier alpha value is -0.310. The SMILES string of the molecule is CCOOP(=O)(OOCC)c1ccc2c(c1)C(C)(C)C(C)=[N+]2CC.[I-]. The van der Waals surface area contributed by atoms with E-state index in [1.54, 1.807) is 19.9 Å². The van der Waals surface area contributed by atoms with Gasteiger partial charge in [0, 0.05) is 18.6 Å². The molecule has 2 rings (SSSR count). The van der Waals surface area contributed by atoms with Gasteiger partial charge in [0.15, 0.2) is 5.71 Å². The average molecular weight is 483 g/mol. The maximum atomic E-state index is 13.1. The minimum absolute atomic E-state index is 0. The van der Waals surface area contributed by atoms with Gasteiger partial charge >= 0.3 is 7.60 Å². The van der Waals surface area contributed by atoms with Crippen molar-refractivity contribution in [1.29, 1.82) is 0 Å². The molecule has 0 radical (unpaired) electrons. The van der Waals surface area contributed by atoms with Gasteiger partial charge in [-0.05, 0) is 46.8 Å². The Kier molecular flexibility index (Phi) is 8.24.